The fourth-order valence-electron chi connectivity index (χ4n) is 2.86. The monoisotopic (exact) mass is 357 g/mol. The van der Waals surface area contributed by atoms with Crippen LogP contribution in [0.2, 0.25) is 0 Å². The molecule has 0 spiro atoms. The van der Waals surface area contributed by atoms with E-state index in [-0.39, 0.29) is 27.9 Å². The molecule has 2 aromatic carbocycles. The van der Waals surface area contributed by atoms with Crippen LogP contribution in [0.3, 0.4) is 0 Å². The van der Waals surface area contributed by atoms with Gasteiger partial charge in [0.2, 0.25) is 0 Å². The molecule has 0 fully saturated rings. The number of fused-ring (bicyclic) bond motifs is 1. The second-order valence-electron chi connectivity index (χ2n) is 6.20. The molecule has 25 heavy (non-hydrogen) atoms. The van der Waals surface area contributed by atoms with Crippen LogP contribution in [0.5, 0.6) is 5.75 Å². The summed E-state index contributed by atoms with van der Waals surface area (Å²) in [6.45, 7) is 5.13. The second kappa shape index (κ2) is 6.04. The number of aryl methyl sites for hydroxylation is 1. The van der Waals surface area contributed by atoms with Gasteiger partial charge in [-0.25, -0.2) is 12.4 Å². The SMILES string of the molecule is CC(=O)C(C)c1ccc(O)c2c1ccn2S(=O)(=O)c1ccc(C)cc1. The van der Waals surface area contributed by atoms with E-state index in [4.69, 9.17) is 0 Å². The Kier molecular flexibility index (Phi) is 4.16. The van der Waals surface area contributed by atoms with E-state index in [9.17, 15) is 18.3 Å². The van der Waals surface area contributed by atoms with E-state index in [0.717, 1.165) is 9.54 Å². The minimum atomic E-state index is -3.85. The van der Waals surface area contributed by atoms with Crippen LogP contribution in [-0.2, 0) is 14.8 Å². The number of aromatic nitrogens is 1. The van der Waals surface area contributed by atoms with Crippen molar-refractivity contribution in [1.29, 1.82) is 0 Å². The van der Waals surface area contributed by atoms with E-state index in [1.807, 2.05) is 6.92 Å². The third kappa shape index (κ3) is 2.82. The first-order valence-corrected chi connectivity index (χ1v) is 9.33. The van der Waals surface area contributed by atoms with Gasteiger partial charge in [0.1, 0.15) is 17.0 Å². The average molecular weight is 357 g/mol. The summed E-state index contributed by atoms with van der Waals surface area (Å²) < 4.78 is 27.0. The van der Waals surface area contributed by atoms with Crippen molar-refractivity contribution in [2.75, 3.05) is 0 Å². The normalized spacial score (nSPS) is 13.1. The number of benzene rings is 2. The number of phenols is 1. The van der Waals surface area contributed by atoms with E-state index in [1.54, 1.807) is 31.2 Å². The standard InChI is InChI=1S/C19H19NO4S/c1-12-4-6-15(7-5-12)25(23,24)20-11-10-17-16(13(2)14(3)21)8-9-18(22)19(17)20/h4-11,13,22H,1-3H3. The molecule has 0 amide bonds. The molecule has 6 heteroatoms. The Hall–Kier alpha value is -2.60. The number of phenolic OH excluding ortho intramolecular Hbond substituents is 1. The van der Waals surface area contributed by atoms with Crippen LogP contribution in [0.25, 0.3) is 10.9 Å². The molecule has 1 N–H and O–H groups in total. The lowest BCUT2D eigenvalue weighted by Gasteiger charge is -2.13. The maximum atomic E-state index is 13.0. The van der Waals surface area contributed by atoms with Crippen LogP contribution in [0, 0.1) is 6.92 Å². The summed E-state index contributed by atoms with van der Waals surface area (Å²) in [4.78, 5) is 11.9. The van der Waals surface area contributed by atoms with Crippen LogP contribution in [0.1, 0.15) is 30.9 Å². The third-order valence-electron chi connectivity index (χ3n) is 4.48. The lowest BCUT2D eigenvalue weighted by atomic mass is 9.94. The van der Waals surface area contributed by atoms with Gasteiger partial charge in [-0.15, -0.1) is 0 Å². The number of Topliss-reactive ketones (excluding diaryl/α,β-unsaturated/α-hetero) is 1. The molecule has 0 aliphatic heterocycles. The minimum Gasteiger partial charge on any atom is -0.506 e. The molecule has 3 rings (SSSR count). The first-order chi connectivity index (χ1) is 11.7. The molecule has 1 aromatic heterocycles. The smallest absolute Gasteiger partial charge is 0.268 e. The Morgan fingerprint density at radius 3 is 2.32 bits per heavy atom. The number of nitrogens with zero attached hydrogens (tertiary/aromatic N) is 1. The van der Waals surface area contributed by atoms with Crippen molar-refractivity contribution < 1.29 is 18.3 Å². The molecule has 1 heterocycles. The molecule has 3 aromatic rings. The average Bonchev–Trinajstić information content (AvgIpc) is 3.01. The summed E-state index contributed by atoms with van der Waals surface area (Å²) in [5.41, 5.74) is 1.83. The van der Waals surface area contributed by atoms with E-state index >= 15 is 0 Å². The highest BCUT2D eigenvalue weighted by atomic mass is 32.2. The number of carbonyl (C=O) groups is 1. The first-order valence-electron chi connectivity index (χ1n) is 7.89. The number of rotatable bonds is 4. The maximum absolute atomic E-state index is 13.0. The van der Waals surface area contributed by atoms with E-state index in [0.29, 0.717) is 10.9 Å². The lowest BCUT2D eigenvalue weighted by molar-refractivity contribution is -0.118. The predicted molar refractivity (Wildman–Crippen MR) is 96.5 cm³/mol. The molecule has 1 atom stereocenters. The van der Waals surface area contributed by atoms with Crippen LogP contribution < -0.4 is 0 Å². The van der Waals surface area contributed by atoms with Crippen LogP contribution in [0.4, 0.5) is 0 Å². The lowest BCUT2D eigenvalue weighted by Crippen LogP contribution is -2.12. The number of aromatic hydroxyl groups is 1. The number of carbonyl (C=O) groups excluding carboxylic acids is 1. The second-order valence-corrected chi connectivity index (χ2v) is 8.01. The predicted octanol–water partition coefficient (Wildman–Crippen LogP) is 3.58. The zero-order valence-electron chi connectivity index (χ0n) is 14.2. The van der Waals surface area contributed by atoms with Gasteiger partial charge in [-0.2, -0.15) is 0 Å². The molecule has 0 saturated heterocycles. The molecular formula is C19H19NO4S. The quantitative estimate of drug-likeness (QED) is 0.774. The molecule has 130 valence electrons. The molecule has 0 saturated carbocycles. The Morgan fingerprint density at radius 1 is 1.08 bits per heavy atom. The van der Waals surface area contributed by atoms with Gasteiger partial charge in [-0.3, -0.25) is 4.79 Å². The summed E-state index contributed by atoms with van der Waals surface area (Å²) in [7, 11) is -3.85. The van der Waals surface area contributed by atoms with Crippen LogP contribution in [0.15, 0.2) is 53.6 Å². The molecule has 0 aliphatic carbocycles. The van der Waals surface area contributed by atoms with Crippen molar-refractivity contribution in [3.63, 3.8) is 0 Å². The van der Waals surface area contributed by atoms with Crippen molar-refractivity contribution in [3.8, 4) is 5.75 Å². The highest BCUT2D eigenvalue weighted by Crippen LogP contribution is 2.34. The van der Waals surface area contributed by atoms with Gasteiger partial charge in [0.15, 0.2) is 0 Å². The fraction of sp³-hybridized carbons (Fsp3) is 0.211. The molecule has 5 nitrogen and oxygen atoms in total. The van der Waals surface area contributed by atoms with Crippen molar-refractivity contribution >= 4 is 26.7 Å². The first kappa shape index (κ1) is 17.2. The van der Waals surface area contributed by atoms with Gasteiger partial charge in [0, 0.05) is 17.5 Å². The van der Waals surface area contributed by atoms with E-state index in [1.165, 1.54) is 31.3 Å². The maximum Gasteiger partial charge on any atom is 0.268 e. The summed E-state index contributed by atoms with van der Waals surface area (Å²) in [5.74, 6) is -0.558. The third-order valence-corrected chi connectivity index (χ3v) is 6.17. The molecule has 1 unspecified atom stereocenters. The van der Waals surface area contributed by atoms with Crippen molar-refractivity contribution in [2.24, 2.45) is 0 Å². The Morgan fingerprint density at radius 2 is 1.72 bits per heavy atom. The Bertz CT molecular complexity index is 1060. The number of hydrogen-bond acceptors (Lipinski definition) is 4. The highest BCUT2D eigenvalue weighted by Gasteiger charge is 2.23. The minimum absolute atomic E-state index is 0.0267. The Balaban J connectivity index is 2.26. The van der Waals surface area contributed by atoms with Crippen molar-refractivity contribution in [3.05, 3.63) is 59.8 Å². The zero-order chi connectivity index (χ0) is 18.4. The molecule has 0 bridgehead atoms. The van der Waals surface area contributed by atoms with Gasteiger partial charge in [-0.05, 0) is 43.7 Å². The van der Waals surface area contributed by atoms with Gasteiger partial charge >= 0.3 is 0 Å². The van der Waals surface area contributed by atoms with Gasteiger partial charge in [-0.1, -0.05) is 30.7 Å². The van der Waals surface area contributed by atoms with Gasteiger partial charge in [0.05, 0.1) is 4.90 Å². The highest BCUT2D eigenvalue weighted by molar-refractivity contribution is 7.90. The summed E-state index contributed by atoms with van der Waals surface area (Å²) in [6, 6.07) is 11.2. The van der Waals surface area contributed by atoms with Crippen molar-refractivity contribution in [1.82, 2.24) is 3.97 Å². The zero-order valence-corrected chi connectivity index (χ0v) is 15.0. The Labute approximate surface area is 146 Å². The van der Waals surface area contributed by atoms with Gasteiger partial charge < -0.3 is 5.11 Å². The summed E-state index contributed by atoms with van der Waals surface area (Å²) in [5, 5.41) is 10.8. The molecule has 0 aliphatic rings. The molecule has 0 radical (unpaired) electrons. The van der Waals surface area contributed by atoms with Crippen LogP contribution in [-0.4, -0.2) is 23.3 Å². The summed E-state index contributed by atoms with van der Waals surface area (Å²) in [6.07, 6.45) is 1.41. The van der Waals surface area contributed by atoms with E-state index < -0.39 is 10.0 Å². The number of ketones is 1. The molecular weight excluding hydrogens is 338 g/mol. The topological polar surface area (TPSA) is 76.4 Å². The fourth-order valence-corrected chi connectivity index (χ4v) is 4.22. The van der Waals surface area contributed by atoms with Crippen molar-refractivity contribution in [2.45, 2.75) is 31.6 Å². The van der Waals surface area contributed by atoms with Gasteiger partial charge in [0.25, 0.3) is 10.0 Å². The summed E-state index contributed by atoms with van der Waals surface area (Å²) >= 11 is 0. The number of hydrogen-bond donors (Lipinski definition) is 1. The largest absolute Gasteiger partial charge is 0.506 e. The van der Waals surface area contributed by atoms with E-state index in [2.05, 4.69) is 0 Å². The van der Waals surface area contributed by atoms with Crippen LogP contribution >= 0.6 is 0 Å².